The molecular weight excluding hydrogens is 254 g/mol. The van der Waals surface area contributed by atoms with Crippen LogP contribution in [0.15, 0.2) is 0 Å². The maximum Gasteiger partial charge on any atom is 0.205 e. The molecule has 0 bridgehead atoms. The van der Waals surface area contributed by atoms with Crippen LogP contribution in [0.4, 0.5) is 10.3 Å². The highest BCUT2D eigenvalue weighted by atomic mass is 32.1. The van der Waals surface area contributed by atoms with Gasteiger partial charge in [0.1, 0.15) is 0 Å². The lowest BCUT2D eigenvalue weighted by atomic mass is 10.3. The monoisotopic (exact) mass is 269 g/mol. The van der Waals surface area contributed by atoms with Crippen molar-refractivity contribution >= 4 is 32.9 Å². The van der Waals surface area contributed by atoms with Crippen molar-refractivity contribution in [2.45, 2.75) is 13.3 Å². The lowest BCUT2D eigenvalue weighted by Gasteiger charge is -2.05. The summed E-state index contributed by atoms with van der Waals surface area (Å²) in [7, 11) is 5.85. The fourth-order valence-electron chi connectivity index (χ4n) is 1.35. The van der Waals surface area contributed by atoms with Crippen molar-refractivity contribution in [3.63, 3.8) is 0 Å². The smallest absolute Gasteiger partial charge is 0.205 e. The van der Waals surface area contributed by atoms with E-state index in [4.69, 9.17) is 0 Å². The van der Waals surface area contributed by atoms with Gasteiger partial charge in [0.25, 0.3) is 0 Å². The third kappa shape index (κ3) is 2.39. The Morgan fingerprint density at radius 1 is 1.24 bits per heavy atom. The largest absolute Gasteiger partial charge is 0.363 e. The number of aryl methyl sites for hydroxylation is 1. The fourth-order valence-corrected chi connectivity index (χ4v) is 3.22. The number of anilines is 2. The third-order valence-electron chi connectivity index (χ3n) is 2.24. The molecule has 0 amide bonds. The van der Waals surface area contributed by atoms with Gasteiger partial charge >= 0.3 is 0 Å². The van der Waals surface area contributed by atoms with Crippen LogP contribution in [0.1, 0.15) is 12.6 Å². The van der Waals surface area contributed by atoms with E-state index in [9.17, 15) is 0 Å². The second-order valence-corrected chi connectivity index (χ2v) is 5.64. The highest BCUT2D eigenvalue weighted by Crippen LogP contribution is 2.36. The predicted molar refractivity (Wildman–Crippen MR) is 74.3 cm³/mol. The molecule has 7 heteroatoms. The van der Waals surface area contributed by atoms with Gasteiger partial charge in [-0.1, -0.05) is 29.6 Å². The van der Waals surface area contributed by atoms with Crippen LogP contribution in [0.5, 0.6) is 0 Å². The molecule has 0 fully saturated rings. The van der Waals surface area contributed by atoms with Crippen LogP contribution in [-0.2, 0) is 6.42 Å². The van der Waals surface area contributed by atoms with Gasteiger partial charge in [0.15, 0.2) is 10.1 Å². The molecule has 0 atom stereocenters. The maximum atomic E-state index is 4.60. The first-order chi connectivity index (χ1) is 8.15. The quantitative estimate of drug-likeness (QED) is 0.923. The number of hydrogen-bond donors (Lipinski definition) is 1. The van der Waals surface area contributed by atoms with E-state index in [-0.39, 0.29) is 0 Å². The molecule has 0 aliphatic heterocycles. The highest BCUT2D eigenvalue weighted by Gasteiger charge is 2.16. The van der Waals surface area contributed by atoms with Gasteiger partial charge in [0, 0.05) is 21.1 Å². The van der Waals surface area contributed by atoms with Crippen molar-refractivity contribution in [1.82, 2.24) is 15.2 Å². The molecule has 0 saturated carbocycles. The van der Waals surface area contributed by atoms with Crippen LogP contribution in [0.25, 0.3) is 9.88 Å². The van der Waals surface area contributed by atoms with Gasteiger partial charge in [0.2, 0.25) is 5.13 Å². The van der Waals surface area contributed by atoms with Gasteiger partial charge in [-0.2, -0.15) is 0 Å². The van der Waals surface area contributed by atoms with Crippen molar-refractivity contribution < 1.29 is 0 Å². The lowest BCUT2D eigenvalue weighted by Crippen LogP contribution is -2.07. The van der Waals surface area contributed by atoms with E-state index in [2.05, 4.69) is 27.4 Å². The van der Waals surface area contributed by atoms with E-state index >= 15 is 0 Å². The zero-order valence-electron chi connectivity index (χ0n) is 10.3. The summed E-state index contributed by atoms with van der Waals surface area (Å²) in [6.07, 6.45) is 0.911. The lowest BCUT2D eigenvalue weighted by molar-refractivity contribution is 1.02. The molecule has 0 radical (unpaired) electrons. The van der Waals surface area contributed by atoms with Gasteiger partial charge in [-0.15, -0.1) is 10.2 Å². The first kappa shape index (κ1) is 12.3. The molecule has 1 N–H and O–H groups in total. The van der Waals surface area contributed by atoms with Crippen molar-refractivity contribution in [3.8, 4) is 9.88 Å². The molecule has 17 heavy (non-hydrogen) atoms. The Bertz CT molecular complexity index is 503. The number of thiazole rings is 1. The standard InChI is InChI=1S/C10H15N5S2/c1-5-6-7(16-10(12-6)15(3)4)8-13-14-9(11-2)17-8/h5H2,1-4H3,(H,11,14). The first-order valence-corrected chi connectivity index (χ1v) is 6.97. The summed E-state index contributed by atoms with van der Waals surface area (Å²) < 4.78 is 0. The molecule has 2 rings (SSSR count). The zero-order valence-corrected chi connectivity index (χ0v) is 11.9. The average molecular weight is 269 g/mol. The van der Waals surface area contributed by atoms with Gasteiger partial charge in [-0.05, 0) is 6.42 Å². The Hall–Kier alpha value is -1.21. The summed E-state index contributed by atoms with van der Waals surface area (Å²) in [6.45, 7) is 2.11. The third-order valence-corrected chi connectivity index (χ3v) is 4.60. The Balaban J connectivity index is 2.42. The first-order valence-electron chi connectivity index (χ1n) is 5.34. The second-order valence-electron chi connectivity index (χ2n) is 3.68. The molecule has 0 aliphatic rings. The molecule has 5 nitrogen and oxygen atoms in total. The van der Waals surface area contributed by atoms with Crippen molar-refractivity contribution in [3.05, 3.63) is 5.69 Å². The molecule has 0 saturated heterocycles. The van der Waals surface area contributed by atoms with E-state index < -0.39 is 0 Å². The summed E-state index contributed by atoms with van der Waals surface area (Å²) in [6, 6.07) is 0. The number of nitrogens with zero attached hydrogens (tertiary/aromatic N) is 4. The van der Waals surface area contributed by atoms with E-state index in [0.717, 1.165) is 32.3 Å². The van der Waals surface area contributed by atoms with Crippen molar-refractivity contribution in [1.29, 1.82) is 0 Å². The number of hydrogen-bond acceptors (Lipinski definition) is 7. The minimum absolute atomic E-state index is 0.835. The number of aromatic nitrogens is 3. The van der Waals surface area contributed by atoms with E-state index in [0.29, 0.717) is 0 Å². The summed E-state index contributed by atoms with van der Waals surface area (Å²) in [5.74, 6) is 0. The Labute approximate surface area is 109 Å². The fraction of sp³-hybridized carbons (Fsp3) is 0.500. The molecule has 2 heterocycles. The van der Waals surface area contributed by atoms with Crippen LogP contribution in [0.2, 0.25) is 0 Å². The molecule has 0 aromatic carbocycles. The van der Waals surface area contributed by atoms with E-state index in [1.54, 1.807) is 22.7 Å². The SMILES string of the molecule is CCc1nc(N(C)C)sc1-c1nnc(NC)s1. The van der Waals surface area contributed by atoms with Gasteiger partial charge in [-0.3, -0.25) is 0 Å². The molecule has 92 valence electrons. The summed E-state index contributed by atoms with van der Waals surface area (Å²) >= 11 is 3.22. The van der Waals surface area contributed by atoms with Gasteiger partial charge < -0.3 is 10.2 Å². The summed E-state index contributed by atoms with van der Waals surface area (Å²) in [5, 5.41) is 14.1. The molecule has 0 spiro atoms. The Kier molecular flexibility index (Phi) is 3.58. The molecule has 2 aromatic rings. The molecular formula is C10H15N5S2. The van der Waals surface area contributed by atoms with Gasteiger partial charge in [-0.25, -0.2) is 4.98 Å². The average Bonchev–Trinajstić information content (AvgIpc) is 2.94. The van der Waals surface area contributed by atoms with Crippen LogP contribution < -0.4 is 10.2 Å². The summed E-state index contributed by atoms with van der Waals surface area (Å²) in [5.41, 5.74) is 1.09. The minimum atomic E-state index is 0.835. The summed E-state index contributed by atoms with van der Waals surface area (Å²) in [4.78, 5) is 7.76. The van der Waals surface area contributed by atoms with Crippen LogP contribution in [0.3, 0.4) is 0 Å². The van der Waals surface area contributed by atoms with Crippen molar-refractivity contribution in [2.24, 2.45) is 0 Å². The minimum Gasteiger partial charge on any atom is -0.363 e. The Morgan fingerprint density at radius 2 is 2.00 bits per heavy atom. The predicted octanol–water partition coefficient (Wildman–Crippen LogP) is 2.33. The molecule has 0 aliphatic carbocycles. The van der Waals surface area contributed by atoms with Crippen LogP contribution >= 0.6 is 22.7 Å². The molecule has 0 unspecified atom stereocenters. The second kappa shape index (κ2) is 4.97. The van der Waals surface area contributed by atoms with E-state index in [1.165, 1.54) is 0 Å². The number of rotatable bonds is 4. The highest BCUT2D eigenvalue weighted by molar-refractivity contribution is 7.25. The topological polar surface area (TPSA) is 53.9 Å². The van der Waals surface area contributed by atoms with Crippen molar-refractivity contribution in [2.75, 3.05) is 31.4 Å². The maximum absolute atomic E-state index is 4.60. The van der Waals surface area contributed by atoms with Gasteiger partial charge in [0.05, 0.1) is 10.6 Å². The molecule has 2 aromatic heterocycles. The van der Waals surface area contributed by atoms with Crippen LogP contribution in [0, 0.1) is 0 Å². The normalized spacial score (nSPS) is 10.6. The van der Waals surface area contributed by atoms with Crippen LogP contribution in [-0.4, -0.2) is 36.3 Å². The van der Waals surface area contributed by atoms with E-state index in [1.807, 2.05) is 26.0 Å². The zero-order chi connectivity index (χ0) is 12.4. The number of nitrogens with one attached hydrogen (secondary N) is 1. The Morgan fingerprint density at radius 3 is 2.53 bits per heavy atom.